The first kappa shape index (κ1) is 10.0. The predicted molar refractivity (Wildman–Crippen MR) is 55.2 cm³/mol. The van der Waals surface area contributed by atoms with E-state index in [4.69, 9.17) is 10.5 Å². The second-order valence-corrected chi connectivity index (χ2v) is 3.24. The van der Waals surface area contributed by atoms with Crippen LogP contribution in [0.1, 0.15) is 5.82 Å². The molecule has 0 radical (unpaired) electrons. The molecule has 80 valence electrons. The summed E-state index contributed by atoms with van der Waals surface area (Å²) >= 11 is 0. The third-order valence-corrected chi connectivity index (χ3v) is 2.23. The molecule has 1 atom stereocenters. The molecule has 3 N–H and O–H groups in total. The van der Waals surface area contributed by atoms with Gasteiger partial charge in [-0.3, -0.25) is 0 Å². The van der Waals surface area contributed by atoms with Crippen molar-refractivity contribution < 1.29 is 4.74 Å². The summed E-state index contributed by atoms with van der Waals surface area (Å²) in [6, 6.07) is 0. The van der Waals surface area contributed by atoms with Crippen LogP contribution < -0.4 is 5.73 Å². The Labute approximate surface area is 86.9 Å². The van der Waals surface area contributed by atoms with Gasteiger partial charge in [0, 0.05) is 20.1 Å². The molecule has 2 aromatic heterocycles. The number of ether oxygens (including phenoxy) is 1. The zero-order chi connectivity index (χ0) is 10.7. The number of nitrogens with zero attached hydrogens (tertiary/aromatic N) is 3. The normalized spacial score (nSPS) is 13.2. The van der Waals surface area contributed by atoms with Crippen molar-refractivity contribution >= 4 is 11.2 Å². The smallest absolute Gasteiger partial charge is 0.180 e. The molecule has 0 amide bonds. The van der Waals surface area contributed by atoms with Crippen molar-refractivity contribution in [1.29, 1.82) is 0 Å². The van der Waals surface area contributed by atoms with Crippen LogP contribution in [0.5, 0.6) is 0 Å². The SMILES string of the molecule is COC(CN)Cc1nc2ncncc2[nH]1. The minimum absolute atomic E-state index is 0.0153. The second kappa shape index (κ2) is 4.33. The number of H-pyrrole nitrogens is 1. The fourth-order valence-corrected chi connectivity index (χ4v) is 1.39. The molecule has 2 rings (SSSR count). The van der Waals surface area contributed by atoms with Gasteiger partial charge < -0.3 is 15.5 Å². The van der Waals surface area contributed by atoms with Crippen LogP contribution >= 0.6 is 0 Å². The van der Waals surface area contributed by atoms with E-state index in [2.05, 4.69) is 19.9 Å². The molecule has 6 heteroatoms. The van der Waals surface area contributed by atoms with E-state index < -0.39 is 0 Å². The topological polar surface area (TPSA) is 89.7 Å². The Balaban J connectivity index is 2.21. The van der Waals surface area contributed by atoms with Gasteiger partial charge in [-0.25, -0.2) is 15.0 Å². The fraction of sp³-hybridized carbons (Fsp3) is 0.444. The summed E-state index contributed by atoms with van der Waals surface area (Å²) in [5.41, 5.74) is 7.04. The lowest BCUT2D eigenvalue weighted by molar-refractivity contribution is 0.108. The highest BCUT2D eigenvalue weighted by atomic mass is 16.5. The molecule has 15 heavy (non-hydrogen) atoms. The molecule has 0 spiro atoms. The summed E-state index contributed by atoms with van der Waals surface area (Å²) in [4.78, 5) is 15.4. The lowest BCUT2D eigenvalue weighted by Crippen LogP contribution is -2.25. The van der Waals surface area contributed by atoms with E-state index in [9.17, 15) is 0 Å². The van der Waals surface area contributed by atoms with Crippen LogP contribution in [0.25, 0.3) is 11.2 Å². The third kappa shape index (κ3) is 2.11. The molecule has 6 nitrogen and oxygen atoms in total. The van der Waals surface area contributed by atoms with Crippen LogP contribution in [0.3, 0.4) is 0 Å². The van der Waals surface area contributed by atoms with Gasteiger partial charge >= 0.3 is 0 Å². The largest absolute Gasteiger partial charge is 0.380 e. The van der Waals surface area contributed by atoms with E-state index in [-0.39, 0.29) is 6.10 Å². The van der Waals surface area contributed by atoms with Crippen molar-refractivity contribution in [2.24, 2.45) is 5.73 Å². The number of hydrogen-bond acceptors (Lipinski definition) is 5. The van der Waals surface area contributed by atoms with Crippen LogP contribution in [0.2, 0.25) is 0 Å². The summed E-state index contributed by atoms with van der Waals surface area (Å²) in [7, 11) is 1.64. The van der Waals surface area contributed by atoms with Crippen molar-refractivity contribution in [2.45, 2.75) is 12.5 Å². The molecular formula is C9H13N5O. The lowest BCUT2D eigenvalue weighted by Gasteiger charge is -2.09. The number of methoxy groups -OCH3 is 1. The molecule has 0 aliphatic heterocycles. The maximum Gasteiger partial charge on any atom is 0.180 e. The number of fused-ring (bicyclic) bond motifs is 1. The number of nitrogens with two attached hydrogens (primary N) is 1. The molecule has 0 fully saturated rings. The van der Waals surface area contributed by atoms with Gasteiger partial charge in [-0.1, -0.05) is 0 Å². The summed E-state index contributed by atoms with van der Waals surface area (Å²) in [5, 5.41) is 0. The van der Waals surface area contributed by atoms with E-state index in [1.165, 1.54) is 6.33 Å². The summed E-state index contributed by atoms with van der Waals surface area (Å²) < 4.78 is 5.18. The van der Waals surface area contributed by atoms with Crippen molar-refractivity contribution in [1.82, 2.24) is 19.9 Å². The van der Waals surface area contributed by atoms with Gasteiger partial charge in [-0.2, -0.15) is 0 Å². The van der Waals surface area contributed by atoms with Gasteiger partial charge in [-0.05, 0) is 0 Å². The van der Waals surface area contributed by atoms with Crippen molar-refractivity contribution in [3.05, 3.63) is 18.3 Å². The zero-order valence-corrected chi connectivity index (χ0v) is 8.47. The van der Waals surface area contributed by atoms with Gasteiger partial charge in [0.2, 0.25) is 0 Å². The van der Waals surface area contributed by atoms with E-state index in [1.54, 1.807) is 13.3 Å². The Morgan fingerprint density at radius 1 is 1.60 bits per heavy atom. The Kier molecular flexibility index (Phi) is 2.89. The minimum atomic E-state index is -0.0153. The van der Waals surface area contributed by atoms with Crippen LogP contribution in [0.4, 0.5) is 0 Å². The molecular weight excluding hydrogens is 194 g/mol. The summed E-state index contributed by atoms with van der Waals surface area (Å²) in [6.45, 7) is 0.471. The number of rotatable bonds is 4. The Morgan fingerprint density at radius 2 is 2.47 bits per heavy atom. The fourth-order valence-electron chi connectivity index (χ4n) is 1.39. The number of aromatic nitrogens is 4. The highest BCUT2D eigenvalue weighted by Crippen LogP contribution is 2.08. The number of nitrogens with one attached hydrogen (secondary N) is 1. The molecule has 0 saturated carbocycles. The van der Waals surface area contributed by atoms with Gasteiger partial charge in [0.1, 0.15) is 17.7 Å². The first-order valence-corrected chi connectivity index (χ1v) is 4.71. The maximum absolute atomic E-state index is 5.53. The second-order valence-electron chi connectivity index (χ2n) is 3.24. The summed E-state index contributed by atoms with van der Waals surface area (Å²) in [6.07, 6.45) is 3.81. The molecule has 2 heterocycles. The van der Waals surface area contributed by atoms with Crippen LogP contribution in [-0.2, 0) is 11.2 Å². The van der Waals surface area contributed by atoms with Gasteiger partial charge in [0.25, 0.3) is 0 Å². The minimum Gasteiger partial charge on any atom is -0.380 e. The van der Waals surface area contributed by atoms with Crippen molar-refractivity contribution in [3.8, 4) is 0 Å². The van der Waals surface area contributed by atoms with Gasteiger partial charge in [-0.15, -0.1) is 0 Å². The van der Waals surface area contributed by atoms with E-state index in [0.717, 1.165) is 11.3 Å². The maximum atomic E-state index is 5.53. The Morgan fingerprint density at radius 3 is 3.13 bits per heavy atom. The zero-order valence-electron chi connectivity index (χ0n) is 8.47. The average Bonchev–Trinajstić information content (AvgIpc) is 2.68. The standard InChI is InChI=1S/C9H13N5O/c1-15-6(3-10)2-8-13-7-4-11-5-12-9(7)14-8/h4-6H,2-3,10H2,1H3,(H,11,12,13,14). The lowest BCUT2D eigenvalue weighted by atomic mass is 10.2. The number of imidazole rings is 1. The van der Waals surface area contributed by atoms with Crippen molar-refractivity contribution in [2.75, 3.05) is 13.7 Å². The first-order chi connectivity index (χ1) is 7.33. The van der Waals surface area contributed by atoms with Crippen LogP contribution in [0.15, 0.2) is 12.5 Å². The van der Waals surface area contributed by atoms with Gasteiger partial charge in [0.15, 0.2) is 5.65 Å². The highest BCUT2D eigenvalue weighted by Gasteiger charge is 2.10. The molecule has 0 aliphatic rings. The van der Waals surface area contributed by atoms with E-state index in [0.29, 0.717) is 18.6 Å². The Bertz CT molecular complexity index is 404. The molecule has 2 aromatic rings. The quantitative estimate of drug-likeness (QED) is 0.728. The van der Waals surface area contributed by atoms with E-state index in [1.807, 2.05) is 0 Å². The molecule has 0 aliphatic carbocycles. The predicted octanol–water partition coefficient (Wildman–Crippen LogP) is -0.131. The van der Waals surface area contributed by atoms with Crippen molar-refractivity contribution in [3.63, 3.8) is 0 Å². The van der Waals surface area contributed by atoms with Crippen LogP contribution in [-0.4, -0.2) is 39.7 Å². The molecule has 0 bridgehead atoms. The van der Waals surface area contributed by atoms with Crippen LogP contribution in [0, 0.1) is 0 Å². The summed E-state index contributed by atoms with van der Waals surface area (Å²) in [5.74, 6) is 0.822. The number of hydrogen-bond donors (Lipinski definition) is 2. The monoisotopic (exact) mass is 207 g/mol. The van der Waals surface area contributed by atoms with E-state index >= 15 is 0 Å². The van der Waals surface area contributed by atoms with Gasteiger partial charge in [0.05, 0.1) is 12.3 Å². The molecule has 0 saturated heterocycles. The first-order valence-electron chi connectivity index (χ1n) is 4.71. The average molecular weight is 207 g/mol. The molecule has 1 unspecified atom stereocenters. The number of aromatic amines is 1. The highest BCUT2D eigenvalue weighted by molar-refractivity contribution is 5.68. The third-order valence-electron chi connectivity index (χ3n) is 2.23. The Hall–Kier alpha value is -1.53. The molecule has 0 aromatic carbocycles.